The van der Waals surface area contributed by atoms with Gasteiger partial charge in [0.25, 0.3) is 0 Å². The molecule has 16 heavy (non-hydrogen) atoms. The minimum Gasteiger partial charge on any atom is -0.330 e. The Hall–Kier alpha value is -0.290. The highest BCUT2D eigenvalue weighted by Gasteiger charge is 2.29. The smallest absolute Gasteiger partial charge is 0.330 e. The van der Waals surface area contributed by atoms with E-state index in [1.54, 1.807) is 6.92 Å². The van der Waals surface area contributed by atoms with Crippen molar-refractivity contribution in [1.29, 1.82) is 0 Å². The van der Waals surface area contributed by atoms with Crippen LogP contribution in [0, 0.1) is 5.41 Å². The van der Waals surface area contributed by atoms with Crippen molar-refractivity contribution in [2.24, 2.45) is 11.1 Å². The first kappa shape index (κ1) is 15.7. The molecule has 0 rings (SSSR count). The molecule has 0 heterocycles. The molecular formula is C11H23F3N2. The number of nitrogens with zero attached hydrogens (tertiary/aromatic N) is 1. The van der Waals surface area contributed by atoms with Gasteiger partial charge in [0.1, 0.15) is 0 Å². The van der Waals surface area contributed by atoms with Gasteiger partial charge < -0.3 is 5.73 Å². The summed E-state index contributed by atoms with van der Waals surface area (Å²) in [5.41, 5.74) is 5.59. The Morgan fingerprint density at radius 1 is 1.19 bits per heavy atom. The summed E-state index contributed by atoms with van der Waals surface area (Å²) >= 11 is 0. The molecule has 0 atom stereocenters. The van der Waals surface area contributed by atoms with Gasteiger partial charge in [0.05, 0.1) is 6.54 Å². The third-order valence-electron chi connectivity index (χ3n) is 2.73. The van der Waals surface area contributed by atoms with E-state index in [1.807, 2.05) is 13.8 Å². The van der Waals surface area contributed by atoms with E-state index in [9.17, 15) is 13.2 Å². The highest BCUT2D eigenvalue weighted by Crippen LogP contribution is 2.21. The molecule has 5 heteroatoms. The molecule has 0 aliphatic carbocycles. The Labute approximate surface area is 96.0 Å². The average Bonchev–Trinajstić information content (AvgIpc) is 2.14. The molecule has 0 spiro atoms. The summed E-state index contributed by atoms with van der Waals surface area (Å²) in [4.78, 5) is 1.42. The third-order valence-corrected chi connectivity index (χ3v) is 2.73. The Bertz CT molecular complexity index is 190. The van der Waals surface area contributed by atoms with Crippen LogP contribution in [0.15, 0.2) is 0 Å². The molecule has 0 aromatic rings. The van der Waals surface area contributed by atoms with Crippen molar-refractivity contribution in [3.8, 4) is 0 Å². The standard InChI is InChI=1S/C11H23F3N2/c1-4-16(9-11(12,13)14)7-5-6-10(2,3)8-15/h4-9,15H2,1-3H3. The second-order valence-corrected chi connectivity index (χ2v) is 4.96. The van der Waals surface area contributed by atoms with Crippen molar-refractivity contribution in [3.63, 3.8) is 0 Å². The van der Waals surface area contributed by atoms with Gasteiger partial charge in [-0.3, -0.25) is 4.90 Å². The van der Waals surface area contributed by atoms with Gasteiger partial charge in [-0.2, -0.15) is 13.2 Å². The molecule has 0 radical (unpaired) electrons. The predicted octanol–water partition coefficient (Wildman–Crippen LogP) is 2.64. The molecule has 0 saturated heterocycles. The zero-order valence-electron chi connectivity index (χ0n) is 10.4. The maximum Gasteiger partial charge on any atom is 0.401 e. The van der Waals surface area contributed by atoms with Crippen molar-refractivity contribution < 1.29 is 13.2 Å². The molecule has 0 unspecified atom stereocenters. The van der Waals surface area contributed by atoms with Crippen molar-refractivity contribution in [1.82, 2.24) is 4.90 Å². The first-order valence-electron chi connectivity index (χ1n) is 5.69. The number of halogens is 3. The topological polar surface area (TPSA) is 29.3 Å². The molecule has 0 aliphatic rings. The van der Waals surface area contributed by atoms with Crippen LogP contribution in [0.5, 0.6) is 0 Å². The fourth-order valence-electron chi connectivity index (χ4n) is 1.49. The fourth-order valence-corrected chi connectivity index (χ4v) is 1.49. The number of nitrogens with two attached hydrogens (primary N) is 1. The van der Waals surface area contributed by atoms with Crippen LogP contribution in [0.1, 0.15) is 33.6 Å². The number of hydrogen-bond acceptors (Lipinski definition) is 2. The summed E-state index contributed by atoms with van der Waals surface area (Å²) in [7, 11) is 0. The largest absolute Gasteiger partial charge is 0.401 e. The van der Waals surface area contributed by atoms with Gasteiger partial charge in [-0.1, -0.05) is 20.8 Å². The summed E-state index contributed by atoms with van der Waals surface area (Å²) in [5, 5.41) is 0. The second kappa shape index (κ2) is 6.45. The fraction of sp³-hybridized carbons (Fsp3) is 1.00. The molecule has 0 amide bonds. The molecule has 98 valence electrons. The van der Waals surface area contributed by atoms with E-state index in [0.717, 1.165) is 12.8 Å². The number of alkyl halides is 3. The van der Waals surface area contributed by atoms with E-state index in [2.05, 4.69) is 0 Å². The Morgan fingerprint density at radius 2 is 1.75 bits per heavy atom. The minimum atomic E-state index is -4.10. The average molecular weight is 240 g/mol. The Balaban J connectivity index is 3.89. The lowest BCUT2D eigenvalue weighted by atomic mass is 9.88. The summed E-state index contributed by atoms with van der Waals surface area (Å²) in [6, 6.07) is 0. The van der Waals surface area contributed by atoms with E-state index >= 15 is 0 Å². The predicted molar refractivity (Wildman–Crippen MR) is 60.2 cm³/mol. The van der Waals surface area contributed by atoms with Crippen LogP contribution < -0.4 is 5.73 Å². The zero-order valence-corrected chi connectivity index (χ0v) is 10.4. The van der Waals surface area contributed by atoms with E-state index in [0.29, 0.717) is 19.6 Å². The number of rotatable bonds is 7. The van der Waals surface area contributed by atoms with E-state index in [-0.39, 0.29) is 5.41 Å². The molecular weight excluding hydrogens is 217 g/mol. The van der Waals surface area contributed by atoms with Crippen LogP contribution in [0.25, 0.3) is 0 Å². The van der Waals surface area contributed by atoms with Crippen LogP contribution >= 0.6 is 0 Å². The van der Waals surface area contributed by atoms with Crippen molar-refractivity contribution in [2.45, 2.75) is 39.8 Å². The minimum absolute atomic E-state index is 0.0254. The van der Waals surface area contributed by atoms with Gasteiger partial charge in [0, 0.05) is 0 Å². The first-order chi connectivity index (χ1) is 7.20. The maximum absolute atomic E-state index is 12.2. The second-order valence-electron chi connectivity index (χ2n) is 4.96. The molecule has 0 bridgehead atoms. The summed E-state index contributed by atoms with van der Waals surface area (Å²) < 4.78 is 36.5. The third kappa shape index (κ3) is 7.93. The molecule has 0 aromatic heterocycles. The molecule has 0 aliphatic heterocycles. The molecule has 0 saturated carbocycles. The normalized spacial score (nSPS) is 13.5. The lowest BCUT2D eigenvalue weighted by Crippen LogP contribution is -2.35. The quantitative estimate of drug-likeness (QED) is 0.741. The van der Waals surface area contributed by atoms with Gasteiger partial charge in [0.2, 0.25) is 0 Å². The van der Waals surface area contributed by atoms with Crippen LogP contribution in [-0.2, 0) is 0 Å². The highest BCUT2D eigenvalue weighted by atomic mass is 19.4. The molecule has 0 aromatic carbocycles. The van der Waals surface area contributed by atoms with E-state index in [4.69, 9.17) is 5.73 Å². The van der Waals surface area contributed by atoms with Gasteiger partial charge >= 0.3 is 6.18 Å². The molecule has 0 fully saturated rings. The SMILES string of the molecule is CCN(CCCC(C)(C)CN)CC(F)(F)F. The molecule has 2 N–H and O–H groups in total. The van der Waals surface area contributed by atoms with Crippen molar-refractivity contribution >= 4 is 0 Å². The van der Waals surface area contributed by atoms with Crippen molar-refractivity contribution in [3.05, 3.63) is 0 Å². The van der Waals surface area contributed by atoms with Gasteiger partial charge in [0.15, 0.2) is 0 Å². The first-order valence-corrected chi connectivity index (χ1v) is 5.69. The lowest BCUT2D eigenvalue weighted by Gasteiger charge is -2.26. The summed E-state index contributed by atoms with van der Waals surface area (Å²) in [6.07, 6.45) is -2.48. The van der Waals surface area contributed by atoms with Gasteiger partial charge in [-0.25, -0.2) is 0 Å². The highest BCUT2D eigenvalue weighted by molar-refractivity contribution is 4.70. The van der Waals surface area contributed by atoms with E-state index in [1.165, 1.54) is 4.90 Å². The Kier molecular flexibility index (Phi) is 6.33. The maximum atomic E-state index is 12.2. The summed E-state index contributed by atoms with van der Waals surface area (Å²) in [5.74, 6) is 0. The summed E-state index contributed by atoms with van der Waals surface area (Å²) in [6.45, 7) is 6.49. The molecule has 2 nitrogen and oxygen atoms in total. The zero-order chi connectivity index (χ0) is 12.8. The van der Waals surface area contributed by atoms with Crippen LogP contribution in [-0.4, -0.2) is 37.3 Å². The van der Waals surface area contributed by atoms with Crippen molar-refractivity contribution in [2.75, 3.05) is 26.2 Å². The number of hydrogen-bond donors (Lipinski definition) is 1. The van der Waals surface area contributed by atoms with Gasteiger partial charge in [-0.05, 0) is 37.9 Å². The van der Waals surface area contributed by atoms with Gasteiger partial charge in [-0.15, -0.1) is 0 Å². The Morgan fingerprint density at radius 3 is 2.12 bits per heavy atom. The van der Waals surface area contributed by atoms with E-state index < -0.39 is 12.7 Å². The van der Waals surface area contributed by atoms with Crippen LogP contribution in [0.4, 0.5) is 13.2 Å². The monoisotopic (exact) mass is 240 g/mol. The van der Waals surface area contributed by atoms with Crippen LogP contribution in [0.3, 0.4) is 0 Å². The van der Waals surface area contributed by atoms with Crippen LogP contribution in [0.2, 0.25) is 0 Å². The lowest BCUT2D eigenvalue weighted by molar-refractivity contribution is -0.145.